The van der Waals surface area contributed by atoms with Crippen molar-refractivity contribution >= 4 is 17.5 Å². The van der Waals surface area contributed by atoms with Gasteiger partial charge in [-0.2, -0.15) is 5.10 Å². The molecule has 1 amide bonds. The van der Waals surface area contributed by atoms with Crippen molar-refractivity contribution in [3.05, 3.63) is 28.1 Å². The maximum absolute atomic E-state index is 12.4. The quantitative estimate of drug-likeness (QED) is 0.908. The SMILES string of the molecule is Cc1nc([C@@H]2CN(C(=O)CCc3c(C)noc3Cl)CCO2)n[nH]1. The Hall–Kier alpha value is -1.93. The van der Waals surface area contributed by atoms with Gasteiger partial charge in [-0.3, -0.25) is 9.89 Å². The van der Waals surface area contributed by atoms with Crippen LogP contribution in [0, 0.1) is 13.8 Å². The van der Waals surface area contributed by atoms with E-state index in [1.807, 2.05) is 13.8 Å². The van der Waals surface area contributed by atoms with Gasteiger partial charge in [-0.15, -0.1) is 0 Å². The van der Waals surface area contributed by atoms with Crippen LogP contribution < -0.4 is 0 Å². The smallest absolute Gasteiger partial charge is 0.229 e. The normalized spacial score (nSPS) is 18.4. The van der Waals surface area contributed by atoms with Crippen molar-refractivity contribution in [2.45, 2.75) is 32.8 Å². The molecule has 8 nitrogen and oxygen atoms in total. The highest BCUT2D eigenvalue weighted by molar-refractivity contribution is 6.29. The number of halogens is 1. The molecule has 23 heavy (non-hydrogen) atoms. The lowest BCUT2D eigenvalue weighted by Gasteiger charge is -2.31. The molecule has 0 unspecified atom stereocenters. The molecule has 1 atom stereocenters. The van der Waals surface area contributed by atoms with Gasteiger partial charge in [-0.25, -0.2) is 4.98 Å². The molecule has 0 spiro atoms. The molecule has 2 aromatic rings. The molecule has 1 fully saturated rings. The van der Waals surface area contributed by atoms with Crippen molar-refractivity contribution in [1.29, 1.82) is 0 Å². The lowest BCUT2D eigenvalue weighted by Crippen LogP contribution is -2.42. The van der Waals surface area contributed by atoms with Crippen molar-refractivity contribution in [2.24, 2.45) is 0 Å². The maximum atomic E-state index is 12.4. The number of nitrogens with zero attached hydrogens (tertiary/aromatic N) is 4. The summed E-state index contributed by atoms with van der Waals surface area (Å²) >= 11 is 5.93. The van der Waals surface area contributed by atoms with Gasteiger partial charge in [0.1, 0.15) is 11.9 Å². The molecule has 9 heteroatoms. The Morgan fingerprint density at radius 2 is 2.30 bits per heavy atom. The Bertz CT molecular complexity index is 679. The first kappa shape index (κ1) is 15.9. The lowest BCUT2D eigenvalue weighted by atomic mass is 10.1. The molecule has 3 heterocycles. The Morgan fingerprint density at radius 3 is 2.96 bits per heavy atom. The topological polar surface area (TPSA) is 97.1 Å². The average molecular weight is 340 g/mol. The monoisotopic (exact) mass is 339 g/mol. The third kappa shape index (κ3) is 3.53. The van der Waals surface area contributed by atoms with Crippen LogP contribution in [0.4, 0.5) is 0 Å². The minimum absolute atomic E-state index is 0.0437. The second-order valence-electron chi connectivity index (χ2n) is 5.50. The van der Waals surface area contributed by atoms with Crippen LogP contribution in [0.15, 0.2) is 4.52 Å². The summed E-state index contributed by atoms with van der Waals surface area (Å²) in [5.41, 5.74) is 1.51. The average Bonchev–Trinajstić information content (AvgIpc) is 3.12. The number of aromatic amines is 1. The minimum atomic E-state index is -0.293. The standard InChI is InChI=1S/C14H18ClN5O3/c1-8-10(13(15)23-19-8)3-4-12(21)20-5-6-22-11(7-20)14-16-9(2)17-18-14/h11H,3-7H2,1-2H3,(H,16,17,18)/t11-/m0/s1. The maximum Gasteiger partial charge on any atom is 0.229 e. The number of aromatic nitrogens is 4. The number of rotatable bonds is 4. The van der Waals surface area contributed by atoms with E-state index in [0.717, 1.165) is 17.1 Å². The Labute approximate surface area is 138 Å². The second-order valence-corrected chi connectivity index (χ2v) is 5.84. The summed E-state index contributed by atoms with van der Waals surface area (Å²) in [7, 11) is 0. The molecule has 2 aromatic heterocycles. The highest BCUT2D eigenvalue weighted by Gasteiger charge is 2.28. The molecule has 1 aliphatic rings. The van der Waals surface area contributed by atoms with Crippen LogP contribution in [0.2, 0.25) is 5.22 Å². The molecular formula is C14H18ClN5O3. The summed E-state index contributed by atoms with van der Waals surface area (Å²) in [5.74, 6) is 1.35. The largest absolute Gasteiger partial charge is 0.366 e. The van der Waals surface area contributed by atoms with Gasteiger partial charge >= 0.3 is 0 Å². The summed E-state index contributed by atoms with van der Waals surface area (Å²) in [6, 6.07) is 0. The molecule has 1 saturated heterocycles. The molecular weight excluding hydrogens is 322 g/mol. The summed E-state index contributed by atoms with van der Waals surface area (Å²) in [6.45, 7) is 5.12. The zero-order chi connectivity index (χ0) is 16.4. The molecule has 0 radical (unpaired) electrons. The van der Waals surface area contributed by atoms with Gasteiger partial charge in [0, 0.05) is 18.5 Å². The predicted octanol–water partition coefficient (Wildman–Crippen LogP) is 1.60. The van der Waals surface area contributed by atoms with Gasteiger partial charge in [0.15, 0.2) is 5.82 Å². The van der Waals surface area contributed by atoms with E-state index in [-0.39, 0.29) is 17.2 Å². The first-order valence-electron chi connectivity index (χ1n) is 7.43. The molecule has 1 aliphatic heterocycles. The van der Waals surface area contributed by atoms with Crippen LogP contribution in [0.3, 0.4) is 0 Å². The number of hydrogen-bond acceptors (Lipinski definition) is 6. The summed E-state index contributed by atoms with van der Waals surface area (Å²) in [4.78, 5) is 18.5. The van der Waals surface area contributed by atoms with Crippen molar-refractivity contribution in [3.63, 3.8) is 0 Å². The first-order valence-corrected chi connectivity index (χ1v) is 7.81. The molecule has 3 rings (SSSR count). The van der Waals surface area contributed by atoms with Crippen molar-refractivity contribution < 1.29 is 14.1 Å². The van der Waals surface area contributed by atoms with E-state index in [0.29, 0.717) is 38.4 Å². The van der Waals surface area contributed by atoms with Gasteiger partial charge in [-0.05, 0) is 31.9 Å². The summed E-state index contributed by atoms with van der Waals surface area (Å²) < 4.78 is 10.6. The second kappa shape index (κ2) is 6.67. The van der Waals surface area contributed by atoms with Crippen molar-refractivity contribution in [2.75, 3.05) is 19.7 Å². The number of carbonyl (C=O) groups excluding carboxylic acids is 1. The van der Waals surface area contributed by atoms with Gasteiger partial charge in [0.25, 0.3) is 0 Å². The molecule has 0 aliphatic carbocycles. The molecule has 0 aromatic carbocycles. The van der Waals surface area contributed by atoms with E-state index < -0.39 is 0 Å². The fourth-order valence-corrected chi connectivity index (χ4v) is 2.83. The zero-order valence-corrected chi connectivity index (χ0v) is 13.8. The highest BCUT2D eigenvalue weighted by atomic mass is 35.5. The number of H-pyrrole nitrogens is 1. The first-order chi connectivity index (χ1) is 11.0. The van der Waals surface area contributed by atoms with E-state index in [1.54, 1.807) is 4.90 Å². The fraction of sp³-hybridized carbons (Fsp3) is 0.571. The van der Waals surface area contributed by atoms with E-state index in [1.165, 1.54) is 0 Å². The van der Waals surface area contributed by atoms with Crippen molar-refractivity contribution in [3.8, 4) is 0 Å². The Morgan fingerprint density at radius 1 is 1.48 bits per heavy atom. The van der Waals surface area contributed by atoms with Gasteiger partial charge in [0.2, 0.25) is 11.1 Å². The number of hydrogen-bond donors (Lipinski definition) is 1. The number of amides is 1. The fourth-order valence-electron chi connectivity index (χ4n) is 2.57. The summed E-state index contributed by atoms with van der Waals surface area (Å²) in [6.07, 6.45) is 0.564. The highest BCUT2D eigenvalue weighted by Crippen LogP contribution is 2.23. The molecule has 1 N–H and O–H groups in total. The number of nitrogens with one attached hydrogen (secondary N) is 1. The van der Waals surface area contributed by atoms with Gasteiger partial charge in [-0.1, -0.05) is 5.16 Å². The third-order valence-electron chi connectivity index (χ3n) is 3.85. The van der Waals surface area contributed by atoms with Crippen LogP contribution >= 0.6 is 11.6 Å². The van der Waals surface area contributed by atoms with E-state index in [9.17, 15) is 4.79 Å². The third-order valence-corrected chi connectivity index (χ3v) is 4.14. The van der Waals surface area contributed by atoms with E-state index in [4.69, 9.17) is 20.9 Å². The number of aryl methyl sites for hydroxylation is 2. The Balaban J connectivity index is 1.59. The van der Waals surface area contributed by atoms with Crippen LogP contribution in [0.5, 0.6) is 0 Å². The number of ether oxygens (including phenoxy) is 1. The molecule has 0 bridgehead atoms. The number of morpholine rings is 1. The zero-order valence-electron chi connectivity index (χ0n) is 13.0. The minimum Gasteiger partial charge on any atom is -0.366 e. The molecule has 0 saturated carbocycles. The van der Waals surface area contributed by atoms with Crippen molar-refractivity contribution in [1.82, 2.24) is 25.2 Å². The van der Waals surface area contributed by atoms with Gasteiger partial charge in [0.05, 0.1) is 18.8 Å². The van der Waals surface area contributed by atoms with E-state index in [2.05, 4.69) is 20.3 Å². The van der Waals surface area contributed by atoms with Crippen LogP contribution in [-0.4, -0.2) is 50.8 Å². The molecule has 124 valence electrons. The summed E-state index contributed by atoms with van der Waals surface area (Å²) in [5, 5.41) is 10.9. The van der Waals surface area contributed by atoms with Crippen LogP contribution in [0.1, 0.15) is 35.4 Å². The van der Waals surface area contributed by atoms with Gasteiger partial charge < -0.3 is 14.2 Å². The van der Waals surface area contributed by atoms with Crippen LogP contribution in [-0.2, 0) is 16.0 Å². The van der Waals surface area contributed by atoms with E-state index >= 15 is 0 Å². The number of carbonyl (C=O) groups is 1. The lowest BCUT2D eigenvalue weighted by molar-refractivity contribution is -0.139. The predicted molar refractivity (Wildman–Crippen MR) is 81.0 cm³/mol. The Kier molecular flexibility index (Phi) is 4.63. The van der Waals surface area contributed by atoms with Crippen LogP contribution in [0.25, 0.3) is 0 Å².